The molecule has 0 aromatic heterocycles. The topological polar surface area (TPSA) is 26.0 Å². The first-order chi connectivity index (χ1) is 8.79. The lowest BCUT2D eigenvalue weighted by Crippen LogP contribution is -2.14. The van der Waals surface area contributed by atoms with Crippen LogP contribution in [0.5, 0.6) is 0 Å². The highest BCUT2D eigenvalue weighted by Gasteiger charge is 2.15. The number of aryl methyl sites for hydroxylation is 1. The molecule has 0 amide bonds. The van der Waals surface area contributed by atoms with Crippen molar-refractivity contribution in [3.63, 3.8) is 0 Å². The zero-order chi connectivity index (χ0) is 12.8. The van der Waals surface area contributed by atoms with Crippen LogP contribution in [-0.2, 0) is 6.42 Å². The summed E-state index contributed by atoms with van der Waals surface area (Å²) in [6.07, 6.45) is 6.86. The molecule has 0 heterocycles. The Morgan fingerprint density at radius 3 is 2.50 bits per heavy atom. The molecule has 100 valence electrons. The van der Waals surface area contributed by atoms with E-state index in [9.17, 15) is 0 Å². The average Bonchev–Trinajstić information content (AvgIpc) is 2.92. The van der Waals surface area contributed by atoms with E-state index in [0.29, 0.717) is 0 Å². The van der Waals surface area contributed by atoms with Crippen molar-refractivity contribution in [2.24, 2.45) is 11.7 Å². The number of nitrogens with two attached hydrogens (primary N) is 1. The van der Waals surface area contributed by atoms with Gasteiger partial charge in [0.25, 0.3) is 0 Å². The minimum Gasteiger partial charge on any atom is -0.323 e. The predicted octanol–water partition coefficient (Wildman–Crippen LogP) is 4.17. The molecule has 2 heteroatoms. The molecule has 2 rings (SSSR count). The van der Waals surface area contributed by atoms with Crippen LogP contribution in [0.1, 0.15) is 49.8 Å². The summed E-state index contributed by atoms with van der Waals surface area (Å²) in [6.45, 7) is 2.19. The zero-order valence-corrected chi connectivity index (χ0v) is 12.2. The molecule has 1 aliphatic carbocycles. The number of benzene rings is 1. The smallest absolute Gasteiger partial charge is 0.0386 e. The highest BCUT2D eigenvalue weighted by molar-refractivity contribution is 7.99. The summed E-state index contributed by atoms with van der Waals surface area (Å²) >= 11 is 2.04. The quantitative estimate of drug-likeness (QED) is 0.833. The van der Waals surface area contributed by atoms with E-state index >= 15 is 0 Å². The molecule has 18 heavy (non-hydrogen) atoms. The van der Waals surface area contributed by atoms with Crippen LogP contribution >= 0.6 is 11.8 Å². The van der Waals surface area contributed by atoms with Crippen LogP contribution in [0.15, 0.2) is 24.3 Å². The SMILES string of the molecule is CCc1ccc(C(N)CSCC2CCCC2)cc1. The van der Waals surface area contributed by atoms with Crippen LogP contribution in [0.4, 0.5) is 0 Å². The highest BCUT2D eigenvalue weighted by Crippen LogP contribution is 2.29. The molecule has 0 bridgehead atoms. The molecule has 1 fully saturated rings. The van der Waals surface area contributed by atoms with Gasteiger partial charge in [0.15, 0.2) is 0 Å². The van der Waals surface area contributed by atoms with E-state index in [-0.39, 0.29) is 6.04 Å². The third kappa shape index (κ3) is 4.03. The summed E-state index contributed by atoms with van der Waals surface area (Å²) in [5.41, 5.74) is 8.93. The van der Waals surface area contributed by atoms with Gasteiger partial charge in [-0.2, -0.15) is 11.8 Å². The Hall–Kier alpha value is -0.470. The van der Waals surface area contributed by atoms with E-state index in [4.69, 9.17) is 5.73 Å². The molecule has 0 spiro atoms. The van der Waals surface area contributed by atoms with Crippen molar-refractivity contribution in [1.29, 1.82) is 0 Å². The maximum absolute atomic E-state index is 6.25. The Morgan fingerprint density at radius 1 is 1.22 bits per heavy atom. The Bertz CT molecular complexity index is 341. The van der Waals surface area contributed by atoms with Gasteiger partial charge in [-0.3, -0.25) is 0 Å². The summed E-state index contributed by atoms with van der Waals surface area (Å²) in [5, 5.41) is 0. The maximum atomic E-state index is 6.25. The van der Waals surface area contributed by atoms with E-state index in [1.807, 2.05) is 11.8 Å². The molecule has 2 N–H and O–H groups in total. The standard InChI is InChI=1S/C16H25NS/c1-2-13-7-9-15(10-8-13)16(17)12-18-11-14-5-3-4-6-14/h7-10,14,16H,2-6,11-12,17H2,1H3. The van der Waals surface area contributed by atoms with Gasteiger partial charge >= 0.3 is 0 Å². The maximum Gasteiger partial charge on any atom is 0.0386 e. The van der Waals surface area contributed by atoms with Crippen LogP contribution < -0.4 is 5.73 Å². The van der Waals surface area contributed by atoms with Crippen LogP contribution in [0.3, 0.4) is 0 Å². The lowest BCUT2D eigenvalue weighted by molar-refractivity contribution is 0.622. The summed E-state index contributed by atoms with van der Waals surface area (Å²) in [4.78, 5) is 0. The van der Waals surface area contributed by atoms with Crippen molar-refractivity contribution < 1.29 is 0 Å². The van der Waals surface area contributed by atoms with Crippen molar-refractivity contribution in [2.45, 2.75) is 45.1 Å². The molecule has 1 aromatic carbocycles. The molecule has 1 unspecified atom stereocenters. The zero-order valence-electron chi connectivity index (χ0n) is 11.4. The van der Waals surface area contributed by atoms with E-state index in [1.54, 1.807) is 0 Å². The molecule has 0 saturated heterocycles. The largest absolute Gasteiger partial charge is 0.323 e. The van der Waals surface area contributed by atoms with Gasteiger partial charge in [-0.25, -0.2) is 0 Å². The van der Waals surface area contributed by atoms with Gasteiger partial charge in [-0.05, 0) is 42.1 Å². The fourth-order valence-corrected chi connectivity index (χ4v) is 3.88. The highest BCUT2D eigenvalue weighted by atomic mass is 32.2. The lowest BCUT2D eigenvalue weighted by Gasteiger charge is -2.14. The van der Waals surface area contributed by atoms with Gasteiger partial charge in [0.05, 0.1) is 0 Å². The van der Waals surface area contributed by atoms with Crippen LogP contribution in [-0.4, -0.2) is 11.5 Å². The molecule has 1 nitrogen and oxygen atoms in total. The van der Waals surface area contributed by atoms with E-state index in [1.165, 1.54) is 42.6 Å². The fourth-order valence-electron chi connectivity index (χ4n) is 2.64. The van der Waals surface area contributed by atoms with Gasteiger partial charge < -0.3 is 5.73 Å². The van der Waals surface area contributed by atoms with Crippen molar-refractivity contribution in [3.05, 3.63) is 35.4 Å². The van der Waals surface area contributed by atoms with E-state index < -0.39 is 0 Å². The predicted molar refractivity (Wildman–Crippen MR) is 82.0 cm³/mol. The molecule has 1 saturated carbocycles. The van der Waals surface area contributed by atoms with Crippen molar-refractivity contribution >= 4 is 11.8 Å². The minimum atomic E-state index is 0.197. The molecule has 1 atom stereocenters. The summed E-state index contributed by atoms with van der Waals surface area (Å²) in [5.74, 6) is 3.33. The van der Waals surface area contributed by atoms with Gasteiger partial charge in [0.1, 0.15) is 0 Å². The molecule has 1 aromatic rings. The second kappa shape index (κ2) is 7.20. The third-order valence-corrected chi connectivity index (χ3v) is 5.24. The van der Waals surface area contributed by atoms with Crippen molar-refractivity contribution in [3.8, 4) is 0 Å². The number of rotatable bonds is 6. The number of thioether (sulfide) groups is 1. The number of hydrogen-bond donors (Lipinski definition) is 1. The second-order valence-electron chi connectivity index (χ2n) is 5.39. The summed E-state index contributed by atoms with van der Waals surface area (Å²) in [6, 6.07) is 9.00. The third-order valence-electron chi connectivity index (χ3n) is 3.94. The molecular weight excluding hydrogens is 238 g/mol. The van der Waals surface area contributed by atoms with Gasteiger partial charge in [-0.15, -0.1) is 0 Å². The second-order valence-corrected chi connectivity index (χ2v) is 6.46. The summed E-state index contributed by atoms with van der Waals surface area (Å²) in [7, 11) is 0. The minimum absolute atomic E-state index is 0.197. The molecule has 0 aliphatic heterocycles. The Morgan fingerprint density at radius 2 is 1.89 bits per heavy atom. The number of hydrogen-bond acceptors (Lipinski definition) is 2. The van der Waals surface area contributed by atoms with E-state index in [0.717, 1.165) is 18.1 Å². The van der Waals surface area contributed by atoms with Gasteiger partial charge in [0.2, 0.25) is 0 Å². The van der Waals surface area contributed by atoms with Gasteiger partial charge in [0, 0.05) is 11.8 Å². The summed E-state index contributed by atoms with van der Waals surface area (Å²) < 4.78 is 0. The van der Waals surface area contributed by atoms with Crippen molar-refractivity contribution in [2.75, 3.05) is 11.5 Å². The lowest BCUT2D eigenvalue weighted by atomic mass is 10.1. The van der Waals surface area contributed by atoms with E-state index in [2.05, 4.69) is 31.2 Å². The average molecular weight is 263 g/mol. The Labute approximate surface area is 116 Å². The monoisotopic (exact) mass is 263 g/mol. The molecule has 0 radical (unpaired) electrons. The Kier molecular flexibility index (Phi) is 5.58. The molecular formula is C16H25NS. The van der Waals surface area contributed by atoms with Crippen molar-refractivity contribution in [1.82, 2.24) is 0 Å². The first-order valence-corrected chi connectivity index (χ1v) is 8.37. The first-order valence-electron chi connectivity index (χ1n) is 7.21. The fraction of sp³-hybridized carbons (Fsp3) is 0.625. The van der Waals surface area contributed by atoms with Crippen LogP contribution in [0.25, 0.3) is 0 Å². The van der Waals surface area contributed by atoms with Crippen LogP contribution in [0.2, 0.25) is 0 Å². The van der Waals surface area contributed by atoms with Gasteiger partial charge in [-0.1, -0.05) is 44.0 Å². The van der Waals surface area contributed by atoms with Crippen LogP contribution in [0, 0.1) is 5.92 Å². The molecule has 1 aliphatic rings. The first kappa shape index (κ1) is 14.0. The Balaban J connectivity index is 1.74. The normalized spacial score (nSPS) is 18.1.